The Morgan fingerprint density at radius 2 is 1.92 bits per heavy atom. The number of aliphatic hydroxyl groups is 2. The molecule has 5 nitrogen and oxygen atoms in total. The number of aliphatic hydroxyl groups excluding tert-OH is 2. The van der Waals surface area contributed by atoms with Crippen molar-refractivity contribution in [2.75, 3.05) is 27.4 Å². The van der Waals surface area contributed by atoms with E-state index in [1.165, 1.54) is 7.11 Å². The summed E-state index contributed by atoms with van der Waals surface area (Å²) < 4.78 is 10.1. The zero-order valence-electron chi connectivity index (χ0n) is 8.36. The highest BCUT2D eigenvalue weighted by Gasteiger charge is 2.19. The SMILES string of the molecule is CNC(OC(CO)OC)[C@H](C)CO. The van der Waals surface area contributed by atoms with Crippen molar-refractivity contribution in [2.45, 2.75) is 19.4 Å². The summed E-state index contributed by atoms with van der Waals surface area (Å²) in [5.74, 6) is -0.0470. The quantitative estimate of drug-likeness (QED) is 0.459. The number of hydrogen-bond donors (Lipinski definition) is 3. The maximum atomic E-state index is 8.87. The van der Waals surface area contributed by atoms with Crippen LogP contribution in [0, 0.1) is 5.92 Å². The van der Waals surface area contributed by atoms with Crippen LogP contribution in [-0.2, 0) is 9.47 Å². The highest BCUT2D eigenvalue weighted by Crippen LogP contribution is 2.06. The molecule has 0 aromatic carbocycles. The Balaban J connectivity index is 3.94. The normalized spacial score (nSPS) is 18.2. The minimum atomic E-state index is -0.647. The third kappa shape index (κ3) is 4.54. The molecular weight excluding hydrogens is 174 g/mol. The number of nitrogens with one attached hydrogen (secondary N) is 1. The zero-order valence-corrected chi connectivity index (χ0v) is 8.36. The Kier molecular flexibility index (Phi) is 7.12. The van der Waals surface area contributed by atoms with Crippen LogP contribution in [0.2, 0.25) is 0 Å². The molecule has 0 fully saturated rings. The molecule has 2 unspecified atom stereocenters. The van der Waals surface area contributed by atoms with Gasteiger partial charge >= 0.3 is 0 Å². The Bertz CT molecular complexity index is 119. The second-order valence-electron chi connectivity index (χ2n) is 2.85. The second kappa shape index (κ2) is 7.23. The summed E-state index contributed by atoms with van der Waals surface area (Å²) in [6.45, 7) is 1.66. The Morgan fingerprint density at radius 1 is 1.31 bits per heavy atom. The molecule has 0 saturated heterocycles. The maximum Gasteiger partial charge on any atom is 0.182 e. The molecule has 80 valence electrons. The summed E-state index contributed by atoms with van der Waals surface area (Å²) in [5, 5.41) is 20.5. The molecule has 0 aliphatic rings. The lowest BCUT2D eigenvalue weighted by Gasteiger charge is -2.25. The lowest BCUT2D eigenvalue weighted by molar-refractivity contribution is -0.192. The number of rotatable bonds is 7. The molecule has 5 heteroatoms. The van der Waals surface area contributed by atoms with E-state index in [1.54, 1.807) is 7.05 Å². The van der Waals surface area contributed by atoms with Gasteiger partial charge in [0.1, 0.15) is 6.23 Å². The van der Waals surface area contributed by atoms with Gasteiger partial charge in [0.05, 0.1) is 6.61 Å². The van der Waals surface area contributed by atoms with Crippen molar-refractivity contribution in [2.24, 2.45) is 5.92 Å². The van der Waals surface area contributed by atoms with Crippen molar-refractivity contribution >= 4 is 0 Å². The van der Waals surface area contributed by atoms with Crippen LogP contribution in [0.15, 0.2) is 0 Å². The topological polar surface area (TPSA) is 71.0 Å². The fourth-order valence-electron chi connectivity index (χ4n) is 0.919. The molecule has 0 spiro atoms. The van der Waals surface area contributed by atoms with Gasteiger partial charge in [-0.2, -0.15) is 0 Å². The maximum absolute atomic E-state index is 8.87. The highest BCUT2D eigenvalue weighted by molar-refractivity contribution is 4.61. The minimum Gasteiger partial charge on any atom is -0.396 e. The van der Waals surface area contributed by atoms with E-state index >= 15 is 0 Å². The van der Waals surface area contributed by atoms with Crippen molar-refractivity contribution in [3.05, 3.63) is 0 Å². The number of ether oxygens (including phenoxy) is 2. The third-order valence-corrected chi connectivity index (χ3v) is 1.80. The molecule has 0 rings (SSSR count). The molecule has 3 atom stereocenters. The highest BCUT2D eigenvalue weighted by atomic mass is 16.7. The van der Waals surface area contributed by atoms with Crippen LogP contribution < -0.4 is 5.32 Å². The first-order chi connectivity index (χ1) is 6.19. The van der Waals surface area contributed by atoms with Gasteiger partial charge in [0.15, 0.2) is 6.29 Å². The molecule has 0 saturated carbocycles. The van der Waals surface area contributed by atoms with Crippen molar-refractivity contribution in [1.82, 2.24) is 5.32 Å². The fourth-order valence-corrected chi connectivity index (χ4v) is 0.919. The molecule has 3 N–H and O–H groups in total. The average Bonchev–Trinajstić information content (AvgIpc) is 2.19. The monoisotopic (exact) mass is 193 g/mol. The molecule has 0 amide bonds. The lowest BCUT2D eigenvalue weighted by atomic mass is 10.1. The third-order valence-electron chi connectivity index (χ3n) is 1.80. The number of methoxy groups -OCH3 is 1. The summed E-state index contributed by atoms with van der Waals surface area (Å²) in [6.07, 6.45) is -0.964. The van der Waals surface area contributed by atoms with Crippen LogP contribution in [0.3, 0.4) is 0 Å². The first kappa shape index (κ1) is 12.8. The molecule has 0 bridgehead atoms. The van der Waals surface area contributed by atoms with E-state index < -0.39 is 6.29 Å². The van der Waals surface area contributed by atoms with E-state index in [4.69, 9.17) is 19.7 Å². The first-order valence-electron chi connectivity index (χ1n) is 4.26. The fraction of sp³-hybridized carbons (Fsp3) is 1.00. The smallest absolute Gasteiger partial charge is 0.182 e. The van der Waals surface area contributed by atoms with Crippen LogP contribution in [-0.4, -0.2) is 50.1 Å². The number of hydrogen-bond acceptors (Lipinski definition) is 5. The van der Waals surface area contributed by atoms with Crippen LogP contribution in [0.4, 0.5) is 0 Å². The zero-order chi connectivity index (χ0) is 10.3. The van der Waals surface area contributed by atoms with Gasteiger partial charge in [0, 0.05) is 19.6 Å². The van der Waals surface area contributed by atoms with Crippen LogP contribution >= 0.6 is 0 Å². The van der Waals surface area contributed by atoms with E-state index in [9.17, 15) is 0 Å². The van der Waals surface area contributed by atoms with Gasteiger partial charge in [-0.25, -0.2) is 0 Å². The van der Waals surface area contributed by atoms with Crippen LogP contribution in [0.5, 0.6) is 0 Å². The molecular formula is C8H19NO4. The Morgan fingerprint density at radius 3 is 2.23 bits per heavy atom. The molecule has 0 radical (unpaired) electrons. The Labute approximate surface area is 78.7 Å². The predicted molar refractivity (Wildman–Crippen MR) is 48.1 cm³/mol. The van der Waals surface area contributed by atoms with E-state index in [0.29, 0.717) is 0 Å². The van der Waals surface area contributed by atoms with Gasteiger partial charge in [-0.3, -0.25) is 5.32 Å². The molecule has 0 aliphatic carbocycles. The van der Waals surface area contributed by atoms with Crippen molar-refractivity contribution in [1.29, 1.82) is 0 Å². The summed E-state index contributed by atoms with van der Waals surface area (Å²) in [7, 11) is 3.18. The Hall–Kier alpha value is -0.200. The van der Waals surface area contributed by atoms with Crippen LogP contribution in [0.1, 0.15) is 6.92 Å². The average molecular weight is 193 g/mol. The van der Waals surface area contributed by atoms with Gasteiger partial charge in [0.25, 0.3) is 0 Å². The summed E-state index contributed by atoms with van der Waals surface area (Å²) in [5.41, 5.74) is 0. The van der Waals surface area contributed by atoms with Gasteiger partial charge in [0.2, 0.25) is 0 Å². The van der Waals surface area contributed by atoms with Crippen molar-refractivity contribution in [3.63, 3.8) is 0 Å². The van der Waals surface area contributed by atoms with Gasteiger partial charge in [-0.1, -0.05) is 6.92 Å². The van der Waals surface area contributed by atoms with Crippen molar-refractivity contribution in [3.8, 4) is 0 Å². The predicted octanol–water partition coefficient (Wildman–Crippen LogP) is -0.858. The van der Waals surface area contributed by atoms with Gasteiger partial charge in [-0.15, -0.1) is 0 Å². The summed E-state index contributed by atoms with van der Waals surface area (Å²) in [6, 6.07) is 0. The largest absolute Gasteiger partial charge is 0.396 e. The van der Waals surface area contributed by atoms with Crippen molar-refractivity contribution < 1.29 is 19.7 Å². The summed E-state index contributed by atoms with van der Waals surface area (Å²) in [4.78, 5) is 0. The van der Waals surface area contributed by atoms with Gasteiger partial charge in [-0.05, 0) is 7.05 Å². The van der Waals surface area contributed by atoms with E-state index in [0.717, 1.165) is 0 Å². The molecule has 0 aromatic heterocycles. The molecule has 0 aliphatic heterocycles. The molecule has 0 heterocycles. The first-order valence-corrected chi connectivity index (χ1v) is 4.26. The standard InChI is InChI=1S/C8H19NO4/c1-6(4-10)8(9-2)13-7(5-11)12-3/h6-11H,4-5H2,1-3H3/t6-,7?,8?/m1/s1. The van der Waals surface area contributed by atoms with E-state index in [2.05, 4.69) is 5.32 Å². The minimum absolute atomic E-state index is 0.0212. The lowest BCUT2D eigenvalue weighted by Crippen LogP contribution is -2.41. The summed E-state index contributed by atoms with van der Waals surface area (Å²) >= 11 is 0. The van der Waals surface area contributed by atoms with Gasteiger partial charge < -0.3 is 19.7 Å². The van der Waals surface area contributed by atoms with E-state index in [1.807, 2.05) is 6.92 Å². The van der Waals surface area contributed by atoms with E-state index in [-0.39, 0.29) is 25.4 Å². The molecule has 0 aromatic rings. The molecule has 13 heavy (non-hydrogen) atoms. The second-order valence-corrected chi connectivity index (χ2v) is 2.85. The van der Waals surface area contributed by atoms with Crippen LogP contribution in [0.25, 0.3) is 0 Å².